The van der Waals surface area contributed by atoms with E-state index in [0.29, 0.717) is 17.9 Å². The molecular formula is C23H27N3O4. The summed E-state index contributed by atoms with van der Waals surface area (Å²) in [6.45, 7) is 4.06. The number of para-hydroxylation sites is 1. The zero-order valence-electron chi connectivity index (χ0n) is 17.4. The molecule has 2 N–H and O–H groups in total. The number of anilines is 1. The number of likely N-dealkylation sites (tertiary alicyclic amines) is 1. The average Bonchev–Trinajstić information content (AvgIpc) is 2.73. The van der Waals surface area contributed by atoms with Gasteiger partial charge in [-0.05, 0) is 43.7 Å². The number of rotatable bonds is 4. The van der Waals surface area contributed by atoms with Crippen molar-refractivity contribution < 1.29 is 19.4 Å². The number of ether oxygens (including phenoxy) is 1. The molecule has 4 rings (SSSR count). The Morgan fingerprint density at radius 1 is 1.20 bits per heavy atom. The summed E-state index contributed by atoms with van der Waals surface area (Å²) < 4.78 is 5.27. The fourth-order valence-corrected chi connectivity index (χ4v) is 4.59. The Hall–Kier alpha value is -3.06. The number of benzene rings is 2. The number of aliphatic hydroxyl groups is 1. The van der Waals surface area contributed by atoms with Crippen LogP contribution in [0, 0.1) is 0 Å². The van der Waals surface area contributed by atoms with Crippen LogP contribution in [-0.2, 0) is 0 Å². The van der Waals surface area contributed by atoms with Gasteiger partial charge >= 0.3 is 6.03 Å². The van der Waals surface area contributed by atoms with Crippen LogP contribution in [0.25, 0.3) is 0 Å². The number of hydrogen-bond acceptors (Lipinski definition) is 4. The monoisotopic (exact) mass is 409 g/mol. The van der Waals surface area contributed by atoms with Gasteiger partial charge in [0.15, 0.2) is 0 Å². The quantitative estimate of drug-likeness (QED) is 0.813. The van der Waals surface area contributed by atoms with E-state index in [-0.39, 0.29) is 42.6 Å². The van der Waals surface area contributed by atoms with Crippen LogP contribution in [0.2, 0.25) is 0 Å². The normalized spacial score (nSPS) is 22.1. The van der Waals surface area contributed by atoms with Crippen molar-refractivity contribution in [3.05, 3.63) is 59.7 Å². The van der Waals surface area contributed by atoms with Gasteiger partial charge in [-0.2, -0.15) is 0 Å². The number of carbonyl (C=O) groups is 2. The zero-order valence-corrected chi connectivity index (χ0v) is 17.4. The number of aliphatic hydroxyl groups excluding tert-OH is 1. The predicted octanol–water partition coefficient (Wildman–Crippen LogP) is 2.60. The number of amides is 3. The lowest BCUT2D eigenvalue weighted by Gasteiger charge is -2.58. The molecule has 158 valence electrons. The Bertz CT molecular complexity index is 961. The van der Waals surface area contributed by atoms with Crippen molar-refractivity contribution in [2.45, 2.75) is 37.9 Å². The minimum absolute atomic E-state index is 0.00142. The molecule has 2 aromatic carbocycles. The number of carbonyl (C=O) groups excluding carboxylic acids is 2. The molecule has 0 aromatic heterocycles. The largest absolute Gasteiger partial charge is 0.497 e. The predicted molar refractivity (Wildman–Crippen MR) is 114 cm³/mol. The summed E-state index contributed by atoms with van der Waals surface area (Å²) in [6.07, 6.45) is 0. The van der Waals surface area contributed by atoms with Crippen LogP contribution in [0.4, 0.5) is 10.5 Å². The van der Waals surface area contributed by atoms with E-state index < -0.39 is 0 Å². The summed E-state index contributed by atoms with van der Waals surface area (Å²) in [7, 11) is 1.57. The third-order valence-electron chi connectivity index (χ3n) is 5.90. The van der Waals surface area contributed by atoms with Crippen LogP contribution in [0.5, 0.6) is 5.75 Å². The van der Waals surface area contributed by atoms with Crippen molar-refractivity contribution in [1.82, 2.24) is 10.2 Å². The standard InChI is InChI=1S/C23H27N3O4/c1-14(2)24-23(29)26-19-12-25(22(28)15-7-6-8-16(11-15)30-3)18-10-5-4-9-17(18)21(19)20(26)13-27/h4-11,14,19-21,27H,12-13H2,1-3H3,(H,24,29)/t19-,20+,21+/m0/s1. The first-order valence-electron chi connectivity index (χ1n) is 10.2. The molecule has 0 aliphatic carbocycles. The molecule has 0 unspecified atom stereocenters. The molecule has 3 amide bonds. The first-order valence-corrected chi connectivity index (χ1v) is 10.2. The van der Waals surface area contributed by atoms with Crippen molar-refractivity contribution in [1.29, 1.82) is 0 Å². The molecule has 1 fully saturated rings. The molecule has 2 aliphatic heterocycles. The maximum atomic E-state index is 13.4. The minimum atomic E-state index is -0.302. The first-order chi connectivity index (χ1) is 14.5. The van der Waals surface area contributed by atoms with Gasteiger partial charge in [-0.3, -0.25) is 4.79 Å². The number of methoxy groups -OCH3 is 1. The molecule has 0 spiro atoms. The zero-order chi connectivity index (χ0) is 21.4. The highest BCUT2D eigenvalue weighted by molar-refractivity contribution is 6.07. The fourth-order valence-electron chi connectivity index (χ4n) is 4.59. The average molecular weight is 409 g/mol. The van der Waals surface area contributed by atoms with Gasteiger partial charge in [0.2, 0.25) is 0 Å². The molecular weight excluding hydrogens is 382 g/mol. The van der Waals surface area contributed by atoms with Crippen molar-refractivity contribution in [3.63, 3.8) is 0 Å². The van der Waals surface area contributed by atoms with E-state index in [4.69, 9.17) is 4.74 Å². The van der Waals surface area contributed by atoms with Gasteiger partial charge in [0.25, 0.3) is 5.91 Å². The Morgan fingerprint density at radius 3 is 2.67 bits per heavy atom. The molecule has 7 nitrogen and oxygen atoms in total. The van der Waals surface area contributed by atoms with Crippen LogP contribution in [0.3, 0.4) is 0 Å². The summed E-state index contributed by atoms with van der Waals surface area (Å²) in [5.74, 6) is 0.473. The third kappa shape index (κ3) is 3.29. The molecule has 3 atom stereocenters. The van der Waals surface area contributed by atoms with E-state index >= 15 is 0 Å². The highest BCUT2D eigenvalue weighted by Crippen LogP contribution is 2.48. The maximum absolute atomic E-state index is 13.4. The fraction of sp³-hybridized carbons (Fsp3) is 0.391. The number of nitrogens with one attached hydrogen (secondary N) is 1. The van der Waals surface area contributed by atoms with Crippen LogP contribution in [0.15, 0.2) is 48.5 Å². The van der Waals surface area contributed by atoms with E-state index in [2.05, 4.69) is 5.32 Å². The summed E-state index contributed by atoms with van der Waals surface area (Å²) in [4.78, 5) is 29.6. The second-order valence-electron chi connectivity index (χ2n) is 8.06. The van der Waals surface area contributed by atoms with Gasteiger partial charge in [0, 0.05) is 29.8 Å². The molecule has 7 heteroatoms. The van der Waals surface area contributed by atoms with Gasteiger partial charge in [0.05, 0.1) is 25.8 Å². The van der Waals surface area contributed by atoms with Crippen LogP contribution >= 0.6 is 0 Å². The topological polar surface area (TPSA) is 82.1 Å². The Labute approximate surface area is 176 Å². The van der Waals surface area contributed by atoms with Crippen molar-refractivity contribution in [3.8, 4) is 5.75 Å². The summed E-state index contributed by atoms with van der Waals surface area (Å²) in [5.41, 5.74) is 2.34. The van der Waals surface area contributed by atoms with Gasteiger partial charge < -0.3 is 25.0 Å². The van der Waals surface area contributed by atoms with E-state index in [9.17, 15) is 14.7 Å². The van der Waals surface area contributed by atoms with E-state index in [0.717, 1.165) is 11.3 Å². The summed E-state index contributed by atoms with van der Waals surface area (Å²) >= 11 is 0. The molecule has 30 heavy (non-hydrogen) atoms. The summed E-state index contributed by atoms with van der Waals surface area (Å²) in [5, 5.41) is 12.9. The maximum Gasteiger partial charge on any atom is 0.318 e. The number of nitrogens with zero attached hydrogens (tertiary/aromatic N) is 2. The highest BCUT2D eigenvalue weighted by Gasteiger charge is 2.55. The van der Waals surface area contributed by atoms with Crippen molar-refractivity contribution in [2.75, 3.05) is 25.2 Å². The highest BCUT2D eigenvalue weighted by atomic mass is 16.5. The molecule has 0 bridgehead atoms. The SMILES string of the molecule is COc1cccc(C(=O)N2C[C@H]3[C@@H](c4ccccc42)[C@@H](CO)N3C(=O)NC(C)C)c1. The number of fused-ring (bicyclic) bond motifs is 3. The van der Waals surface area contributed by atoms with E-state index in [1.165, 1.54) is 0 Å². The lowest BCUT2D eigenvalue weighted by molar-refractivity contribution is -0.00815. The smallest absolute Gasteiger partial charge is 0.318 e. The second-order valence-corrected chi connectivity index (χ2v) is 8.06. The van der Waals surface area contributed by atoms with Gasteiger partial charge in [-0.1, -0.05) is 24.3 Å². The molecule has 2 aromatic rings. The first kappa shape index (κ1) is 20.2. The molecule has 2 heterocycles. The van der Waals surface area contributed by atoms with Gasteiger partial charge in [0.1, 0.15) is 5.75 Å². The summed E-state index contributed by atoms with van der Waals surface area (Å²) in [6, 6.07) is 14.1. The molecule has 0 saturated carbocycles. The molecule has 1 saturated heterocycles. The Kier molecular flexibility index (Phi) is 5.39. The minimum Gasteiger partial charge on any atom is -0.497 e. The van der Waals surface area contributed by atoms with Crippen molar-refractivity contribution >= 4 is 17.6 Å². The molecule has 2 aliphatic rings. The third-order valence-corrected chi connectivity index (χ3v) is 5.90. The van der Waals surface area contributed by atoms with E-state index in [1.54, 1.807) is 41.2 Å². The van der Waals surface area contributed by atoms with Crippen LogP contribution in [-0.4, -0.2) is 60.3 Å². The number of hydrogen-bond donors (Lipinski definition) is 2. The van der Waals surface area contributed by atoms with Gasteiger partial charge in [-0.15, -0.1) is 0 Å². The number of urea groups is 1. The van der Waals surface area contributed by atoms with Crippen molar-refractivity contribution in [2.24, 2.45) is 0 Å². The molecule has 0 radical (unpaired) electrons. The Morgan fingerprint density at radius 2 is 1.97 bits per heavy atom. The van der Waals surface area contributed by atoms with Crippen LogP contribution in [0.1, 0.15) is 35.7 Å². The van der Waals surface area contributed by atoms with Gasteiger partial charge in [-0.25, -0.2) is 4.79 Å². The Balaban J connectivity index is 1.70. The lowest BCUT2D eigenvalue weighted by Crippen LogP contribution is -2.72. The van der Waals surface area contributed by atoms with E-state index in [1.807, 2.05) is 38.1 Å². The van der Waals surface area contributed by atoms with Crippen LogP contribution < -0.4 is 15.0 Å². The second kappa shape index (κ2) is 7.99. The lowest BCUT2D eigenvalue weighted by atomic mass is 9.72.